The van der Waals surface area contributed by atoms with Crippen molar-refractivity contribution in [2.75, 3.05) is 17.2 Å². The minimum absolute atomic E-state index is 0.227. The van der Waals surface area contributed by atoms with E-state index in [0.717, 1.165) is 13.0 Å². The number of carbonyl (C=O) groups is 1. The summed E-state index contributed by atoms with van der Waals surface area (Å²) in [5.74, 6) is 1.90. The fourth-order valence-electron chi connectivity index (χ4n) is 1.64. The zero-order valence-electron chi connectivity index (χ0n) is 12.4. The SMILES string of the molecule is Cc1cc(NC(=O)c2ccc(NCCC(C)C)nn2)no1. The first kappa shape index (κ1) is 15.0. The monoisotopic (exact) mass is 289 g/mol. The van der Waals surface area contributed by atoms with Crippen LogP contribution in [0.3, 0.4) is 0 Å². The molecule has 0 saturated carbocycles. The second kappa shape index (κ2) is 6.83. The second-order valence-electron chi connectivity index (χ2n) is 5.19. The zero-order valence-corrected chi connectivity index (χ0v) is 12.4. The number of anilines is 2. The van der Waals surface area contributed by atoms with Crippen molar-refractivity contribution < 1.29 is 9.32 Å². The highest BCUT2D eigenvalue weighted by Crippen LogP contribution is 2.09. The van der Waals surface area contributed by atoms with Crippen LogP contribution in [0, 0.1) is 12.8 Å². The third kappa shape index (κ3) is 4.55. The molecule has 1 amide bonds. The van der Waals surface area contributed by atoms with Crippen molar-refractivity contribution in [2.45, 2.75) is 27.2 Å². The van der Waals surface area contributed by atoms with Crippen molar-refractivity contribution in [3.8, 4) is 0 Å². The molecule has 0 aliphatic heterocycles. The van der Waals surface area contributed by atoms with E-state index < -0.39 is 0 Å². The predicted molar refractivity (Wildman–Crippen MR) is 79.2 cm³/mol. The van der Waals surface area contributed by atoms with Crippen LogP contribution in [-0.4, -0.2) is 27.8 Å². The highest BCUT2D eigenvalue weighted by Gasteiger charge is 2.11. The maximum Gasteiger partial charge on any atom is 0.277 e. The third-order valence-electron chi connectivity index (χ3n) is 2.79. The van der Waals surface area contributed by atoms with Crippen molar-refractivity contribution in [2.24, 2.45) is 5.92 Å². The molecule has 21 heavy (non-hydrogen) atoms. The van der Waals surface area contributed by atoms with Crippen LogP contribution in [0.2, 0.25) is 0 Å². The molecular formula is C14H19N5O2. The topological polar surface area (TPSA) is 92.9 Å². The second-order valence-corrected chi connectivity index (χ2v) is 5.19. The van der Waals surface area contributed by atoms with E-state index >= 15 is 0 Å². The maximum absolute atomic E-state index is 11.9. The lowest BCUT2D eigenvalue weighted by Gasteiger charge is -2.07. The van der Waals surface area contributed by atoms with Gasteiger partial charge in [0.2, 0.25) is 0 Å². The van der Waals surface area contributed by atoms with Gasteiger partial charge in [-0.1, -0.05) is 19.0 Å². The lowest BCUT2D eigenvalue weighted by Crippen LogP contribution is -2.15. The number of aryl methyl sites for hydroxylation is 1. The Labute approximate surface area is 123 Å². The van der Waals surface area contributed by atoms with E-state index in [2.05, 4.69) is 39.8 Å². The average Bonchev–Trinajstić information content (AvgIpc) is 2.84. The summed E-state index contributed by atoms with van der Waals surface area (Å²) in [6.45, 7) is 6.90. The molecule has 0 unspecified atom stereocenters. The third-order valence-corrected chi connectivity index (χ3v) is 2.79. The lowest BCUT2D eigenvalue weighted by atomic mass is 10.1. The molecule has 0 aliphatic carbocycles. The molecule has 2 aromatic heterocycles. The molecule has 2 rings (SSSR count). The van der Waals surface area contributed by atoms with Crippen LogP contribution in [0.15, 0.2) is 22.7 Å². The molecular weight excluding hydrogens is 270 g/mol. The Morgan fingerprint density at radius 3 is 2.67 bits per heavy atom. The number of nitrogens with zero attached hydrogens (tertiary/aromatic N) is 3. The van der Waals surface area contributed by atoms with Crippen LogP contribution < -0.4 is 10.6 Å². The number of amides is 1. The first-order chi connectivity index (χ1) is 10.0. The molecule has 2 heterocycles. The minimum Gasteiger partial charge on any atom is -0.369 e. The van der Waals surface area contributed by atoms with Crippen molar-refractivity contribution in [3.63, 3.8) is 0 Å². The summed E-state index contributed by atoms with van der Waals surface area (Å²) >= 11 is 0. The number of carbonyl (C=O) groups excluding carboxylic acids is 1. The smallest absolute Gasteiger partial charge is 0.277 e. The summed E-state index contributed by atoms with van der Waals surface area (Å²) in [6.07, 6.45) is 1.05. The van der Waals surface area contributed by atoms with Crippen LogP contribution in [0.25, 0.3) is 0 Å². The fraction of sp³-hybridized carbons (Fsp3) is 0.429. The van der Waals surface area contributed by atoms with Gasteiger partial charge in [-0.15, -0.1) is 10.2 Å². The largest absolute Gasteiger partial charge is 0.369 e. The van der Waals surface area contributed by atoms with Crippen molar-refractivity contribution >= 4 is 17.5 Å². The van der Waals surface area contributed by atoms with Crippen molar-refractivity contribution in [1.82, 2.24) is 15.4 Å². The van der Waals surface area contributed by atoms with Crippen LogP contribution in [0.4, 0.5) is 11.6 Å². The van der Waals surface area contributed by atoms with E-state index in [1.165, 1.54) is 0 Å². The summed E-state index contributed by atoms with van der Waals surface area (Å²) in [6, 6.07) is 4.98. The van der Waals surface area contributed by atoms with Crippen LogP contribution >= 0.6 is 0 Å². The van der Waals surface area contributed by atoms with Crippen LogP contribution in [-0.2, 0) is 0 Å². The van der Waals surface area contributed by atoms with E-state index in [-0.39, 0.29) is 11.6 Å². The number of hydrogen-bond donors (Lipinski definition) is 2. The summed E-state index contributed by atoms with van der Waals surface area (Å²) in [5, 5.41) is 17.3. The van der Waals surface area contributed by atoms with Gasteiger partial charge in [0.1, 0.15) is 11.6 Å². The molecule has 0 radical (unpaired) electrons. The maximum atomic E-state index is 11.9. The van der Waals surface area contributed by atoms with Gasteiger partial charge in [0.25, 0.3) is 5.91 Å². The van der Waals surface area contributed by atoms with Crippen molar-refractivity contribution in [1.29, 1.82) is 0 Å². The van der Waals surface area contributed by atoms with Crippen molar-refractivity contribution in [3.05, 3.63) is 29.7 Å². The Balaban J connectivity index is 1.90. The number of aromatic nitrogens is 3. The van der Waals surface area contributed by atoms with Crippen LogP contribution in [0.1, 0.15) is 36.5 Å². The van der Waals surface area contributed by atoms with Gasteiger partial charge in [-0.2, -0.15) is 0 Å². The quantitative estimate of drug-likeness (QED) is 0.848. The summed E-state index contributed by atoms with van der Waals surface area (Å²) in [5.41, 5.74) is 0.227. The molecule has 0 atom stereocenters. The molecule has 2 aromatic rings. The van der Waals surface area contributed by atoms with Gasteiger partial charge in [0, 0.05) is 12.6 Å². The molecule has 7 nitrogen and oxygen atoms in total. The molecule has 112 valence electrons. The van der Waals surface area contributed by atoms with E-state index in [1.807, 2.05) is 0 Å². The first-order valence-electron chi connectivity index (χ1n) is 6.87. The first-order valence-corrected chi connectivity index (χ1v) is 6.87. The van der Waals surface area contributed by atoms with E-state index in [1.54, 1.807) is 25.1 Å². The van der Waals surface area contributed by atoms with Gasteiger partial charge in [-0.05, 0) is 31.4 Å². The molecule has 7 heteroatoms. The van der Waals surface area contributed by atoms with Gasteiger partial charge < -0.3 is 15.2 Å². The Morgan fingerprint density at radius 1 is 1.29 bits per heavy atom. The van der Waals surface area contributed by atoms with Gasteiger partial charge >= 0.3 is 0 Å². The number of hydrogen-bond acceptors (Lipinski definition) is 6. The Hall–Kier alpha value is -2.44. The lowest BCUT2D eigenvalue weighted by molar-refractivity contribution is 0.102. The molecule has 0 bridgehead atoms. The summed E-state index contributed by atoms with van der Waals surface area (Å²) in [4.78, 5) is 11.9. The minimum atomic E-state index is -0.371. The summed E-state index contributed by atoms with van der Waals surface area (Å²) < 4.78 is 4.87. The molecule has 2 N–H and O–H groups in total. The number of rotatable bonds is 6. The zero-order chi connectivity index (χ0) is 15.2. The Morgan fingerprint density at radius 2 is 2.10 bits per heavy atom. The molecule has 0 saturated heterocycles. The van der Waals surface area contributed by atoms with Gasteiger partial charge in [-0.3, -0.25) is 4.79 Å². The molecule has 0 aromatic carbocycles. The van der Waals surface area contributed by atoms with E-state index in [0.29, 0.717) is 23.3 Å². The average molecular weight is 289 g/mol. The Kier molecular flexibility index (Phi) is 4.86. The molecule has 0 spiro atoms. The highest BCUT2D eigenvalue weighted by molar-refractivity contribution is 6.02. The number of nitrogens with one attached hydrogen (secondary N) is 2. The van der Waals surface area contributed by atoms with Gasteiger partial charge in [-0.25, -0.2) is 0 Å². The highest BCUT2D eigenvalue weighted by atomic mass is 16.5. The Bertz CT molecular complexity index is 592. The summed E-state index contributed by atoms with van der Waals surface area (Å²) in [7, 11) is 0. The van der Waals surface area contributed by atoms with E-state index in [4.69, 9.17) is 4.52 Å². The van der Waals surface area contributed by atoms with E-state index in [9.17, 15) is 4.79 Å². The van der Waals surface area contributed by atoms with Gasteiger partial charge in [0.15, 0.2) is 11.5 Å². The molecule has 0 fully saturated rings. The normalized spacial score (nSPS) is 10.7. The standard InChI is InChI=1S/C14H19N5O2/c1-9(2)6-7-15-12-5-4-11(17-18-12)14(20)16-13-8-10(3)21-19-13/h4-5,8-9H,6-7H2,1-3H3,(H,15,18)(H,16,19,20). The predicted octanol–water partition coefficient (Wildman–Crippen LogP) is 2.48. The van der Waals surface area contributed by atoms with Gasteiger partial charge in [0.05, 0.1) is 0 Å². The van der Waals surface area contributed by atoms with Crippen LogP contribution in [0.5, 0.6) is 0 Å². The molecule has 0 aliphatic rings. The fourth-order valence-corrected chi connectivity index (χ4v) is 1.64.